The lowest BCUT2D eigenvalue weighted by Crippen LogP contribution is -2.35. The Morgan fingerprint density at radius 1 is 1.35 bits per heavy atom. The molecule has 0 bridgehead atoms. The molecule has 92 valence electrons. The second-order valence-electron chi connectivity index (χ2n) is 5.30. The Labute approximate surface area is 101 Å². The number of nitrogens with one attached hydrogen (secondary N) is 1. The lowest BCUT2D eigenvalue weighted by atomic mass is 10.1. The van der Waals surface area contributed by atoms with E-state index >= 15 is 0 Å². The molecule has 0 radical (unpaired) electrons. The third-order valence-corrected chi connectivity index (χ3v) is 2.73. The molecule has 1 heterocycles. The fourth-order valence-electron chi connectivity index (χ4n) is 1.73. The topological polar surface area (TPSA) is 29.9 Å². The van der Waals surface area contributed by atoms with E-state index < -0.39 is 0 Å². The van der Waals surface area contributed by atoms with Crippen molar-refractivity contribution >= 4 is 11.0 Å². The van der Waals surface area contributed by atoms with E-state index in [-0.39, 0.29) is 11.4 Å². The second-order valence-corrected chi connectivity index (χ2v) is 5.30. The summed E-state index contributed by atoms with van der Waals surface area (Å²) in [5.41, 5.74) is 1.30. The van der Waals surface area contributed by atoms with Crippen molar-refractivity contribution in [2.75, 3.05) is 0 Å². The van der Waals surface area contributed by atoms with E-state index in [0.717, 1.165) is 11.3 Å². The molecule has 4 heteroatoms. The van der Waals surface area contributed by atoms with Gasteiger partial charge in [-0.25, -0.2) is 9.37 Å². The number of hydrogen-bond acceptors (Lipinski definition) is 2. The van der Waals surface area contributed by atoms with Gasteiger partial charge in [0.25, 0.3) is 0 Å². The Hall–Kier alpha value is -1.42. The molecule has 0 aliphatic heterocycles. The summed E-state index contributed by atoms with van der Waals surface area (Å²) in [7, 11) is 1.91. The zero-order valence-electron chi connectivity index (χ0n) is 10.7. The number of hydrogen-bond donors (Lipinski definition) is 1. The van der Waals surface area contributed by atoms with E-state index in [4.69, 9.17) is 0 Å². The average molecular weight is 235 g/mol. The molecular weight excluding hydrogens is 217 g/mol. The first-order valence-corrected chi connectivity index (χ1v) is 5.73. The van der Waals surface area contributed by atoms with E-state index in [2.05, 4.69) is 31.1 Å². The average Bonchev–Trinajstić information content (AvgIpc) is 2.54. The van der Waals surface area contributed by atoms with E-state index in [1.165, 1.54) is 6.07 Å². The first-order valence-electron chi connectivity index (χ1n) is 5.73. The minimum absolute atomic E-state index is 0.0245. The van der Waals surface area contributed by atoms with Crippen LogP contribution in [0.2, 0.25) is 0 Å². The molecule has 1 N–H and O–H groups in total. The third-order valence-electron chi connectivity index (χ3n) is 2.73. The summed E-state index contributed by atoms with van der Waals surface area (Å²) < 4.78 is 15.5. The van der Waals surface area contributed by atoms with E-state index in [0.29, 0.717) is 12.1 Å². The molecule has 17 heavy (non-hydrogen) atoms. The van der Waals surface area contributed by atoms with Crippen LogP contribution < -0.4 is 5.32 Å². The molecule has 3 nitrogen and oxygen atoms in total. The minimum atomic E-state index is -0.264. The van der Waals surface area contributed by atoms with E-state index in [9.17, 15) is 4.39 Å². The molecule has 1 aromatic heterocycles. The Bertz CT molecular complexity index is 537. The summed E-state index contributed by atoms with van der Waals surface area (Å²) in [6.07, 6.45) is 0. The first-order chi connectivity index (χ1) is 7.88. The lowest BCUT2D eigenvalue weighted by molar-refractivity contribution is 0.415. The highest BCUT2D eigenvalue weighted by molar-refractivity contribution is 5.76. The molecule has 2 aromatic rings. The molecule has 0 aliphatic carbocycles. The van der Waals surface area contributed by atoms with Gasteiger partial charge in [-0.15, -0.1) is 0 Å². The van der Waals surface area contributed by atoms with Crippen molar-refractivity contribution < 1.29 is 4.39 Å². The van der Waals surface area contributed by atoms with Gasteiger partial charge in [-0.1, -0.05) is 6.07 Å². The Kier molecular flexibility index (Phi) is 2.91. The Morgan fingerprint density at radius 2 is 2.06 bits per heavy atom. The molecule has 0 atom stereocenters. The summed E-state index contributed by atoms with van der Waals surface area (Å²) in [5, 5.41) is 3.35. The summed E-state index contributed by atoms with van der Waals surface area (Å²) in [4.78, 5) is 4.34. The van der Waals surface area contributed by atoms with Crippen LogP contribution in [-0.4, -0.2) is 15.1 Å². The van der Waals surface area contributed by atoms with Gasteiger partial charge in [-0.3, -0.25) is 0 Å². The van der Waals surface area contributed by atoms with Crippen LogP contribution in [-0.2, 0) is 13.6 Å². The third kappa shape index (κ3) is 2.47. The fraction of sp³-hybridized carbons (Fsp3) is 0.462. The van der Waals surface area contributed by atoms with Crippen LogP contribution in [0.3, 0.4) is 0 Å². The maximum atomic E-state index is 13.6. The van der Waals surface area contributed by atoms with Crippen molar-refractivity contribution in [3.8, 4) is 0 Å². The number of nitrogens with zero attached hydrogens (tertiary/aromatic N) is 2. The van der Waals surface area contributed by atoms with Gasteiger partial charge in [0.2, 0.25) is 0 Å². The summed E-state index contributed by atoms with van der Waals surface area (Å²) in [6.45, 7) is 6.91. The number of imidazole rings is 1. The number of aromatic nitrogens is 2. The molecule has 0 saturated heterocycles. The zero-order chi connectivity index (χ0) is 12.6. The number of halogens is 1. The van der Waals surface area contributed by atoms with Gasteiger partial charge < -0.3 is 9.88 Å². The van der Waals surface area contributed by atoms with Gasteiger partial charge in [0.1, 0.15) is 11.3 Å². The molecule has 2 rings (SSSR count). The number of fused-ring (bicyclic) bond motifs is 1. The number of rotatable bonds is 2. The van der Waals surface area contributed by atoms with Crippen molar-refractivity contribution in [2.24, 2.45) is 7.05 Å². The zero-order valence-corrected chi connectivity index (χ0v) is 10.7. The van der Waals surface area contributed by atoms with Gasteiger partial charge in [-0.2, -0.15) is 0 Å². The SMILES string of the molecule is Cn1c(CNC(C)(C)C)nc2c(F)cccc21. The van der Waals surface area contributed by atoms with E-state index in [1.54, 1.807) is 6.07 Å². The molecule has 1 aromatic carbocycles. The summed E-state index contributed by atoms with van der Waals surface area (Å²) in [6, 6.07) is 5.03. The maximum Gasteiger partial charge on any atom is 0.151 e. The van der Waals surface area contributed by atoms with Gasteiger partial charge in [0.05, 0.1) is 12.1 Å². The van der Waals surface area contributed by atoms with Crippen molar-refractivity contribution in [2.45, 2.75) is 32.9 Å². The Morgan fingerprint density at radius 3 is 2.65 bits per heavy atom. The fourth-order valence-corrected chi connectivity index (χ4v) is 1.73. The first kappa shape index (κ1) is 12.0. The van der Waals surface area contributed by atoms with Crippen molar-refractivity contribution in [3.63, 3.8) is 0 Å². The molecule has 0 fully saturated rings. The van der Waals surface area contributed by atoms with Gasteiger partial charge in [0.15, 0.2) is 5.82 Å². The normalized spacial score (nSPS) is 12.3. The van der Waals surface area contributed by atoms with E-state index in [1.807, 2.05) is 17.7 Å². The smallest absolute Gasteiger partial charge is 0.151 e. The molecule has 0 unspecified atom stereocenters. The standard InChI is InChI=1S/C13H18FN3/c1-13(2,3)15-8-11-16-12-9(14)6-5-7-10(12)17(11)4/h5-7,15H,8H2,1-4H3. The highest BCUT2D eigenvalue weighted by Gasteiger charge is 2.14. The molecular formula is C13H18FN3. The number of para-hydroxylation sites is 1. The van der Waals surface area contributed by atoms with Crippen LogP contribution in [0.25, 0.3) is 11.0 Å². The van der Waals surface area contributed by atoms with Crippen LogP contribution in [0, 0.1) is 5.82 Å². The van der Waals surface area contributed by atoms with Gasteiger partial charge in [-0.05, 0) is 32.9 Å². The Balaban J connectivity index is 2.36. The van der Waals surface area contributed by atoms with Crippen molar-refractivity contribution in [1.82, 2.24) is 14.9 Å². The quantitative estimate of drug-likeness (QED) is 0.867. The number of benzene rings is 1. The second kappa shape index (κ2) is 4.11. The van der Waals surface area contributed by atoms with Crippen molar-refractivity contribution in [1.29, 1.82) is 0 Å². The summed E-state index contributed by atoms with van der Waals surface area (Å²) in [5.74, 6) is 0.583. The number of aryl methyl sites for hydroxylation is 1. The molecule has 0 spiro atoms. The van der Waals surface area contributed by atoms with Crippen LogP contribution >= 0.6 is 0 Å². The predicted molar refractivity (Wildman–Crippen MR) is 67.3 cm³/mol. The highest BCUT2D eigenvalue weighted by Crippen LogP contribution is 2.18. The highest BCUT2D eigenvalue weighted by atomic mass is 19.1. The monoisotopic (exact) mass is 235 g/mol. The van der Waals surface area contributed by atoms with Crippen molar-refractivity contribution in [3.05, 3.63) is 29.8 Å². The van der Waals surface area contributed by atoms with Crippen LogP contribution in [0.1, 0.15) is 26.6 Å². The minimum Gasteiger partial charge on any atom is -0.330 e. The van der Waals surface area contributed by atoms with Crippen LogP contribution in [0.15, 0.2) is 18.2 Å². The summed E-state index contributed by atoms with van der Waals surface area (Å²) >= 11 is 0. The van der Waals surface area contributed by atoms with Gasteiger partial charge in [0, 0.05) is 12.6 Å². The van der Waals surface area contributed by atoms with Gasteiger partial charge >= 0.3 is 0 Å². The van der Waals surface area contributed by atoms with Crippen LogP contribution in [0.5, 0.6) is 0 Å². The maximum absolute atomic E-state index is 13.6. The molecule has 0 amide bonds. The predicted octanol–water partition coefficient (Wildman–Crippen LogP) is 2.60. The van der Waals surface area contributed by atoms with Crippen LogP contribution in [0.4, 0.5) is 4.39 Å². The largest absolute Gasteiger partial charge is 0.330 e. The molecule has 0 aliphatic rings. The lowest BCUT2D eigenvalue weighted by Gasteiger charge is -2.20. The molecule has 0 saturated carbocycles.